The van der Waals surface area contributed by atoms with Crippen LogP contribution in [0.5, 0.6) is 5.75 Å². The smallest absolute Gasteiger partial charge is 0.145 e. The van der Waals surface area contributed by atoms with Crippen molar-refractivity contribution in [3.8, 4) is 5.75 Å². The van der Waals surface area contributed by atoms with Crippen molar-refractivity contribution in [2.24, 2.45) is 5.84 Å². The van der Waals surface area contributed by atoms with E-state index in [1.54, 1.807) is 11.2 Å². The summed E-state index contributed by atoms with van der Waals surface area (Å²) in [6, 6.07) is 25.1. The van der Waals surface area contributed by atoms with Crippen molar-refractivity contribution in [2.45, 2.75) is 13.0 Å². The molecule has 1 aromatic heterocycles. The van der Waals surface area contributed by atoms with Crippen molar-refractivity contribution >= 4 is 22.3 Å². The van der Waals surface area contributed by atoms with Gasteiger partial charge in [0.25, 0.3) is 0 Å². The summed E-state index contributed by atoms with van der Waals surface area (Å²) in [5, 5.41) is 13.3. The van der Waals surface area contributed by atoms with Gasteiger partial charge in [-0.1, -0.05) is 48.5 Å². The van der Waals surface area contributed by atoms with Crippen LogP contribution in [0.4, 0.5) is 11.4 Å². The van der Waals surface area contributed by atoms with Crippen LogP contribution < -0.4 is 15.6 Å². The van der Waals surface area contributed by atoms with E-state index in [1.807, 2.05) is 85.8 Å². The first kappa shape index (κ1) is 18.9. The summed E-state index contributed by atoms with van der Waals surface area (Å²) in [6.45, 7) is 2.11. The number of rotatable bonds is 6. The standard InChI is InChI=1S/C24H23N3O2/c1-17-15-19(12-13-21(17)27(25)20-9-3-2-4-10-20)22(28)16-29-23-11-5-7-18-8-6-14-26-24(18)23/h2-15,22,28H,16,25H2,1H3. The fourth-order valence-corrected chi connectivity index (χ4v) is 3.34. The summed E-state index contributed by atoms with van der Waals surface area (Å²) in [4.78, 5) is 4.38. The topological polar surface area (TPSA) is 71.6 Å². The molecule has 0 fully saturated rings. The molecule has 3 N–H and O–H groups in total. The molecule has 146 valence electrons. The summed E-state index contributed by atoms with van der Waals surface area (Å²) in [7, 11) is 0. The molecule has 4 rings (SSSR count). The molecule has 5 nitrogen and oxygen atoms in total. The van der Waals surface area contributed by atoms with Gasteiger partial charge >= 0.3 is 0 Å². The number of para-hydroxylation sites is 2. The van der Waals surface area contributed by atoms with E-state index in [-0.39, 0.29) is 6.61 Å². The lowest BCUT2D eigenvalue weighted by Crippen LogP contribution is -2.25. The number of aliphatic hydroxyl groups is 1. The minimum Gasteiger partial charge on any atom is -0.488 e. The predicted molar refractivity (Wildman–Crippen MR) is 116 cm³/mol. The molecule has 3 aromatic carbocycles. The lowest BCUT2D eigenvalue weighted by Gasteiger charge is -2.22. The van der Waals surface area contributed by atoms with Crippen LogP contribution in [0.2, 0.25) is 0 Å². The monoisotopic (exact) mass is 385 g/mol. The molecular formula is C24H23N3O2. The lowest BCUT2D eigenvalue weighted by molar-refractivity contribution is 0.109. The first-order valence-corrected chi connectivity index (χ1v) is 9.48. The number of fused-ring (bicyclic) bond motifs is 1. The normalized spacial score (nSPS) is 12.0. The Morgan fingerprint density at radius 3 is 2.59 bits per heavy atom. The maximum absolute atomic E-state index is 10.6. The van der Waals surface area contributed by atoms with Gasteiger partial charge < -0.3 is 9.84 Å². The van der Waals surface area contributed by atoms with Gasteiger partial charge in [0.2, 0.25) is 0 Å². The van der Waals surface area contributed by atoms with Gasteiger partial charge in [-0.25, -0.2) is 5.84 Å². The number of pyridine rings is 1. The van der Waals surface area contributed by atoms with Gasteiger partial charge in [-0.3, -0.25) is 9.99 Å². The third-order valence-electron chi connectivity index (χ3n) is 4.89. The Balaban J connectivity index is 1.49. The van der Waals surface area contributed by atoms with E-state index in [0.717, 1.165) is 33.4 Å². The van der Waals surface area contributed by atoms with Gasteiger partial charge in [-0.15, -0.1) is 0 Å². The largest absolute Gasteiger partial charge is 0.488 e. The molecule has 4 aromatic rings. The SMILES string of the molecule is Cc1cc(C(O)COc2cccc3cccnc23)ccc1N(N)c1ccccc1. The molecule has 0 saturated heterocycles. The summed E-state index contributed by atoms with van der Waals surface area (Å²) in [5.41, 5.74) is 4.32. The third kappa shape index (κ3) is 4.06. The highest BCUT2D eigenvalue weighted by atomic mass is 16.5. The lowest BCUT2D eigenvalue weighted by atomic mass is 10.0. The molecular weight excluding hydrogens is 362 g/mol. The van der Waals surface area contributed by atoms with Crippen LogP contribution in [-0.2, 0) is 0 Å². The van der Waals surface area contributed by atoms with Crippen LogP contribution in [0.1, 0.15) is 17.2 Å². The second-order valence-corrected chi connectivity index (χ2v) is 6.91. The van der Waals surface area contributed by atoms with Crippen LogP contribution in [0.15, 0.2) is 85.1 Å². The fourth-order valence-electron chi connectivity index (χ4n) is 3.34. The maximum Gasteiger partial charge on any atom is 0.145 e. The van der Waals surface area contributed by atoms with Crippen LogP contribution in [0.3, 0.4) is 0 Å². The molecule has 0 radical (unpaired) electrons. The van der Waals surface area contributed by atoms with E-state index in [9.17, 15) is 5.11 Å². The highest BCUT2D eigenvalue weighted by Crippen LogP contribution is 2.29. The molecule has 1 atom stereocenters. The Hall–Kier alpha value is -3.41. The Kier molecular flexibility index (Phi) is 5.42. The van der Waals surface area contributed by atoms with Crippen molar-refractivity contribution in [3.63, 3.8) is 0 Å². The van der Waals surface area contributed by atoms with Crippen LogP contribution in [0.25, 0.3) is 10.9 Å². The van der Waals surface area contributed by atoms with Crippen LogP contribution >= 0.6 is 0 Å². The molecule has 0 aliphatic heterocycles. The molecule has 0 saturated carbocycles. The van der Waals surface area contributed by atoms with Gasteiger partial charge in [-0.05, 0) is 48.4 Å². The fraction of sp³-hybridized carbons (Fsp3) is 0.125. The van der Waals surface area contributed by atoms with Crippen molar-refractivity contribution in [2.75, 3.05) is 11.6 Å². The Bertz CT molecular complexity index is 1110. The molecule has 0 bridgehead atoms. The van der Waals surface area contributed by atoms with Gasteiger partial charge in [0.1, 0.15) is 24.0 Å². The number of hydrazine groups is 1. The maximum atomic E-state index is 10.6. The van der Waals surface area contributed by atoms with Crippen molar-refractivity contribution in [1.29, 1.82) is 0 Å². The number of hydrogen-bond acceptors (Lipinski definition) is 5. The molecule has 0 amide bonds. The average Bonchev–Trinajstić information content (AvgIpc) is 2.77. The van der Waals surface area contributed by atoms with Gasteiger partial charge in [0, 0.05) is 11.6 Å². The number of aliphatic hydroxyl groups excluding tert-OH is 1. The average molecular weight is 385 g/mol. The van der Waals surface area contributed by atoms with E-state index in [4.69, 9.17) is 10.6 Å². The van der Waals surface area contributed by atoms with Crippen LogP contribution in [0, 0.1) is 6.92 Å². The van der Waals surface area contributed by atoms with E-state index in [0.29, 0.717) is 5.75 Å². The summed E-state index contributed by atoms with van der Waals surface area (Å²) < 4.78 is 5.87. The molecule has 1 unspecified atom stereocenters. The minimum absolute atomic E-state index is 0.138. The van der Waals surface area contributed by atoms with E-state index >= 15 is 0 Å². The first-order chi connectivity index (χ1) is 14.1. The van der Waals surface area contributed by atoms with Crippen molar-refractivity contribution in [1.82, 2.24) is 4.98 Å². The predicted octanol–water partition coefficient (Wildman–Crippen LogP) is 4.67. The van der Waals surface area contributed by atoms with Gasteiger partial charge in [0.15, 0.2) is 0 Å². The third-order valence-corrected chi connectivity index (χ3v) is 4.89. The zero-order valence-corrected chi connectivity index (χ0v) is 16.2. The number of nitrogens with zero attached hydrogens (tertiary/aromatic N) is 2. The number of ether oxygens (including phenoxy) is 1. The zero-order chi connectivity index (χ0) is 20.2. The Morgan fingerprint density at radius 1 is 1.00 bits per heavy atom. The van der Waals surface area contributed by atoms with Crippen LogP contribution in [-0.4, -0.2) is 16.7 Å². The Labute approximate surface area is 170 Å². The highest BCUT2D eigenvalue weighted by Gasteiger charge is 2.14. The molecule has 0 aliphatic rings. The number of nitrogens with two attached hydrogens (primary N) is 1. The highest BCUT2D eigenvalue weighted by molar-refractivity contribution is 5.84. The van der Waals surface area contributed by atoms with Crippen molar-refractivity contribution < 1.29 is 9.84 Å². The molecule has 1 heterocycles. The van der Waals surface area contributed by atoms with Gasteiger partial charge in [-0.2, -0.15) is 0 Å². The molecule has 0 aliphatic carbocycles. The second kappa shape index (κ2) is 8.31. The van der Waals surface area contributed by atoms with Gasteiger partial charge in [0.05, 0.1) is 11.4 Å². The second-order valence-electron chi connectivity index (χ2n) is 6.91. The quantitative estimate of drug-likeness (QED) is 0.373. The number of aryl methyl sites for hydroxylation is 1. The Morgan fingerprint density at radius 2 is 1.79 bits per heavy atom. The minimum atomic E-state index is -0.760. The number of hydrogen-bond donors (Lipinski definition) is 2. The van der Waals surface area contributed by atoms with E-state index in [2.05, 4.69) is 4.98 Å². The zero-order valence-electron chi connectivity index (χ0n) is 16.2. The summed E-state index contributed by atoms with van der Waals surface area (Å²) in [6.07, 6.45) is 0.976. The summed E-state index contributed by atoms with van der Waals surface area (Å²) >= 11 is 0. The molecule has 5 heteroatoms. The molecule has 29 heavy (non-hydrogen) atoms. The molecule has 0 spiro atoms. The summed E-state index contributed by atoms with van der Waals surface area (Å²) in [5.74, 6) is 6.93. The van der Waals surface area contributed by atoms with Crippen molar-refractivity contribution in [3.05, 3.63) is 96.2 Å². The van der Waals surface area contributed by atoms with E-state index in [1.165, 1.54) is 0 Å². The number of benzene rings is 3. The first-order valence-electron chi connectivity index (χ1n) is 9.48. The number of anilines is 2. The van der Waals surface area contributed by atoms with E-state index < -0.39 is 6.10 Å². The number of aromatic nitrogens is 1.